The molecule has 1 N–H and O–H groups in total. The fourth-order valence-electron chi connectivity index (χ4n) is 2.78. The monoisotopic (exact) mass is 167 g/mol. The van der Waals surface area contributed by atoms with E-state index in [1.807, 2.05) is 0 Å². The summed E-state index contributed by atoms with van der Waals surface area (Å²) >= 11 is 0. The van der Waals surface area contributed by atoms with Crippen LogP contribution in [-0.4, -0.2) is 10.9 Å². The summed E-state index contributed by atoms with van der Waals surface area (Å²) < 4.78 is 0. The Kier molecular flexibility index (Phi) is 2.33. The van der Waals surface area contributed by atoms with Crippen LogP contribution in [0.3, 0.4) is 0 Å². The van der Waals surface area contributed by atoms with E-state index in [9.17, 15) is 0 Å². The number of hydrogen-bond donors (Lipinski definition) is 1. The van der Waals surface area contributed by atoms with Gasteiger partial charge in [0.05, 0.1) is 5.71 Å². The Bertz CT molecular complexity index is 188. The summed E-state index contributed by atoms with van der Waals surface area (Å²) in [5, 5.41) is 12.0. The topological polar surface area (TPSA) is 32.6 Å². The second-order valence-electron chi connectivity index (χ2n) is 4.21. The molecule has 0 aliphatic heterocycles. The van der Waals surface area contributed by atoms with Crippen molar-refractivity contribution in [2.45, 2.75) is 44.9 Å². The molecule has 2 unspecified atom stereocenters. The van der Waals surface area contributed by atoms with E-state index in [0.717, 1.165) is 30.4 Å². The second-order valence-corrected chi connectivity index (χ2v) is 4.21. The van der Waals surface area contributed by atoms with Crippen molar-refractivity contribution < 1.29 is 5.21 Å². The van der Waals surface area contributed by atoms with Crippen molar-refractivity contribution in [1.82, 2.24) is 0 Å². The molecular weight excluding hydrogens is 150 g/mol. The highest BCUT2D eigenvalue weighted by atomic mass is 16.4. The maximum atomic E-state index is 8.67. The summed E-state index contributed by atoms with van der Waals surface area (Å²) in [5.41, 5.74) is 1.04. The molecule has 2 heteroatoms. The fraction of sp³-hybridized carbons (Fsp3) is 0.900. The van der Waals surface area contributed by atoms with Gasteiger partial charge in [0.15, 0.2) is 0 Å². The van der Waals surface area contributed by atoms with E-state index in [-0.39, 0.29) is 0 Å². The minimum absolute atomic E-state index is 0.846. The molecule has 0 heterocycles. The second kappa shape index (κ2) is 3.46. The zero-order chi connectivity index (χ0) is 8.39. The van der Waals surface area contributed by atoms with Crippen LogP contribution in [0.5, 0.6) is 0 Å². The Morgan fingerprint density at radius 3 is 2.58 bits per heavy atom. The van der Waals surface area contributed by atoms with Gasteiger partial charge in [-0.2, -0.15) is 0 Å². The molecule has 0 saturated heterocycles. The van der Waals surface area contributed by atoms with Crippen LogP contribution < -0.4 is 0 Å². The first-order chi connectivity index (χ1) is 5.90. The lowest BCUT2D eigenvalue weighted by Gasteiger charge is -2.35. The lowest BCUT2D eigenvalue weighted by molar-refractivity contribution is 0.212. The summed E-state index contributed by atoms with van der Waals surface area (Å²) in [5.74, 6) is 1.79. The maximum absolute atomic E-state index is 8.67. The smallest absolute Gasteiger partial charge is 0.0573 e. The molecule has 68 valence electrons. The average molecular weight is 167 g/mol. The normalized spacial score (nSPS) is 39.5. The van der Waals surface area contributed by atoms with Gasteiger partial charge in [0, 0.05) is 0 Å². The van der Waals surface area contributed by atoms with Gasteiger partial charge in [-0.3, -0.25) is 0 Å². The van der Waals surface area contributed by atoms with Crippen LogP contribution in [0, 0.1) is 11.8 Å². The largest absolute Gasteiger partial charge is 0.411 e. The van der Waals surface area contributed by atoms with Crippen LogP contribution in [0.2, 0.25) is 0 Å². The molecule has 0 bridgehead atoms. The first-order valence-electron chi connectivity index (χ1n) is 5.10. The molecule has 2 saturated carbocycles. The van der Waals surface area contributed by atoms with E-state index >= 15 is 0 Å². The number of rotatable bonds is 0. The summed E-state index contributed by atoms with van der Waals surface area (Å²) in [6.45, 7) is 0. The zero-order valence-electron chi connectivity index (χ0n) is 7.50. The Morgan fingerprint density at radius 2 is 1.83 bits per heavy atom. The van der Waals surface area contributed by atoms with Crippen LogP contribution in [0.25, 0.3) is 0 Å². The SMILES string of the molecule is O/N=C1/CCC2CCCCC2C1. The molecule has 0 amide bonds. The van der Waals surface area contributed by atoms with Gasteiger partial charge in [0.2, 0.25) is 0 Å². The van der Waals surface area contributed by atoms with Gasteiger partial charge in [0.1, 0.15) is 0 Å². The van der Waals surface area contributed by atoms with E-state index in [1.165, 1.54) is 32.1 Å². The molecule has 0 aromatic rings. The summed E-state index contributed by atoms with van der Waals surface area (Å²) in [6.07, 6.45) is 8.97. The number of hydrogen-bond acceptors (Lipinski definition) is 2. The van der Waals surface area contributed by atoms with Crippen molar-refractivity contribution in [2.24, 2.45) is 17.0 Å². The van der Waals surface area contributed by atoms with E-state index in [1.54, 1.807) is 0 Å². The molecule has 0 spiro atoms. The molecule has 2 aliphatic rings. The van der Waals surface area contributed by atoms with E-state index in [2.05, 4.69) is 5.16 Å². The van der Waals surface area contributed by atoms with Crippen LogP contribution in [0.1, 0.15) is 44.9 Å². The lowest BCUT2D eigenvalue weighted by atomic mass is 9.70. The molecule has 12 heavy (non-hydrogen) atoms. The Morgan fingerprint density at radius 1 is 1.08 bits per heavy atom. The third-order valence-electron chi connectivity index (χ3n) is 3.51. The van der Waals surface area contributed by atoms with E-state index < -0.39 is 0 Å². The Labute approximate surface area is 73.7 Å². The number of nitrogens with zero attached hydrogens (tertiary/aromatic N) is 1. The van der Waals surface area contributed by atoms with Gasteiger partial charge < -0.3 is 5.21 Å². The van der Waals surface area contributed by atoms with Crippen molar-refractivity contribution in [1.29, 1.82) is 0 Å². The van der Waals surface area contributed by atoms with Crippen molar-refractivity contribution in [3.8, 4) is 0 Å². The van der Waals surface area contributed by atoms with Gasteiger partial charge in [-0.05, 0) is 37.5 Å². The first kappa shape index (κ1) is 8.09. The quantitative estimate of drug-likeness (QED) is 0.436. The van der Waals surface area contributed by atoms with E-state index in [4.69, 9.17) is 5.21 Å². The number of oxime groups is 1. The highest BCUT2D eigenvalue weighted by Crippen LogP contribution is 2.39. The molecule has 0 aromatic heterocycles. The molecule has 2 aliphatic carbocycles. The average Bonchev–Trinajstić information content (AvgIpc) is 2.17. The fourth-order valence-corrected chi connectivity index (χ4v) is 2.78. The standard InChI is InChI=1S/C10H17NO/c12-11-10-6-5-8-3-1-2-4-9(8)7-10/h8-9,12H,1-7H2/b11-10-. The van der Waals surface area contributed by atoms with Crippen LogP contribution in [0.15, 0.2) is 5.16 Å². The van der Waals surface area contributed by atoms with Crippen LogP contribution in [0.4, 0.5) is 0 Å². The highest BCUT2D eigenvalue weighted by Gasteiger charge is 2.30. The van der Waals surface area contributed by atoms with Crippen LogP contribution in [-0.2, 0) is 0 Å². The minimum Gasteiger partial charge on any atom is -0.411 e. The van der Waals surface area contributed by atoms with Crippen molar-refractivity contribution >= 4 is 5.71 Å². The Balaban J connectivity index is 1.98. The van der Waals surface area contributed by atoms with Gasteiger partial charge in [0.25, 0.3) is 0 Å². The minimum atomic E-state index is 0.846. The molecule has 2 rings (SSSR count). The molecule has 0 radical (unpaired) electrons. The summed E-state index contributed by atoms with van der Waals surface area (Å²) in [6, 6.07) is 0. The van der Waals surface area contributed by atoms with Gasteiger partial charge >= 0.3 is 0 Å². The third-order valence-corrected chi connectivity index (χ3v) is 3.51. The maximum Gasteiger partial charge on any atom is 0.0573 e. The summed E-state index contributed by atoms with van der Waals surface area (Å²) in [4.78, 5) is 0. The third kappa shape index (κ3) is 1.47. The van der Waals surface area contributed by atoms with Crippen molar-refractivity contribution in [2.75, 3.05) is 0 Å². The van der Waals surface area contributed by atoms with Crippen molar-refractivity contribution in [3.63, 3.8) is 0 Å². The zero-order valence-corrected chi connectivity index (χ0v) is 7.50. The highest BCUT2D eigenvalue weighted by molar-refractivity contribution is 5.84. The molecule has 0 aromatic carbocycles. The predicted molar refractivity (Wildman–Crippen MR) is 48.5 cm³/mol. The molecule has 2 nitrogen and oxygen atoms in total. The van der Waals surface area contributed by atoms with Gasteiger partial charge in [-0.15, -0.1) is 0 Å². The molecule has 2 fully saturated rings. The Hall–Kier alpha value is -0.530. The van der Waals surface area contributed by atoms with Crippen molar-refractivity contribution in [3.05, 3.63) is 0 Å². The van der Waals surface area contributed by atoms with Gasteiger partial charge in [-0.25, -0.2) is 0 Å². The summed E-state index contributed by atoms with van der Waals surface area (Å²) in [7, 11) is 0. The number of fused-ring (bicyclic) bond motifs is 1. The first-order valence-corrected chi connectivity index (χ1v) is 5.10. The lowest BCUT2D eigenvalue weighted by Crippen LogP contribution is -2.27. The molecule has 2 atom stereocenters. The molecular formula is C10H17NO. The van der Waals surface area contributed by atoms with Crippen LogP contribution >= 0.6 is 0 Å². The van der Waals surface area contributed by atoms with E-state index in [0.29, 0.717) is 0 Å². The van der Waals surface area contributed by atoms with Gasteiger partial charge in [-0.1, -0.05) is 24.4 Å². The predicted octanol–water partition coefficient (Wildman–Crippen LogP) is 2.81.